The van der Waals surface area contributed by atoms with Crippen molar-refractivity contribution in [1.29, 1.82) is 5.41 Å². The number of rotatable bonds is 8. The molecule has 2 rings (SSSR count). The lowest BCUT2D eigenvalue weighted by Crippen LogP contribution is -2.33. The highest BCUT2D eigenvalue weighted by molar-refractivity contribution is 6.11. The quantitative estimate of drug-likeness (QED) is 0.294. The predicted molar refractivity (Wildman–Crippen MR) is 104 cm³/mol. The molecule has 1 aromatic heterocycles. The van der Waals surface area contributed by atoms with E-state index in [-0.39, 0.29) is 17.5 Å². The van der Waals surface area contributed by atoms with E-state index >= 15 is 0 Å². The molecule has 0 fully saturated rings. The second-order valence-corrected chi connectivity index (χ2v) is 5.96. The number of carbonyl (C=O) groups is 1. The molecule has 1 unspecified atom stereocenters. The molecule has 1 amide bonds. The molecule has 3 N–H and O–H groups in total. The van der Waals surface area contributed by atoms with Crippen LogP contribution in [-0.2, 0) is 11.2 Å². The van der Waals surface area contributed by atoms with Gasteiger partial charge in [0.05, 0.1) is 11.8 Å². The number of amides is 1. The van der Waals surface area contributed by atoms with Gasteiger partial charge in [0.25, 0.3) is 5.91 Å². The van der Waals surface area contributed by atoms with Crippen LogP contribution in [0.4, 0.5) is 0 Å². The van der Waals surface area contributed by atoms with E-state index in [0.717, 1.165) is 30.9 Å². The molecule has 1 heterocycles. The fourth-order valence-corrected chi connectivity index (χ4v) is 2.49. The fraction of sp³-hybridized carbons (Fsp3) is 0.190. The summed E-state index contributed by atoms with van der Waals surface area (Å²) in [4.78, 5) is 16.3. The summed E-state index contributed by atoms with van der Waals surface area (Å²) < 4.78 is 0. The number of nitrogens with zero attached hydrogens (tertiary/aromatic N) is 1. The van der Waals surface area contributed by atoms with Crippen molar-refractivity contribution in [2.75, 3.05) is 0 Å². The standard InChI is InChI=1S/C21H23N3O2/c1-16(7-8-17-5-3-2-4-6-17)24-21(26)20(15-25)13-19(14-22)18-9-11-23-12-10-18/h2-6,9-16,22,25H,7-8H2,1H3,(H,24,26). The zero-order valence-electron chi connectivity index (χ0n) is 14.7. The Kier molecular flexibility index (Phi) is 7.31. The van der Waals surface area contributed by atoms with Gasteiger partial charge in [0.2, 0.25) is 0 Å². The van der Waals surface area contributed by atoms with E-state index in [2.05, 4.69) is 22.4 Å². The van der Waals surface area contributed by atoms with E-state index in [1.165, 1.54) is 11.6 Å². The third-order valence-corrected chi connectivity index (χ3v) is 3.97. The molecule has 0 bridgehead atoms. The van der Waals surface area contributed by atoms with Gasteiger partial charge >= 0.3 is 0 Å². The lowest BCUT2D eigenvalue weighted by atomic mass is 10.0. The molecule has 0 aliphatic heterocycles. The molecule has 0 saturated carbocycles. The topological polar surface area (TPSA) is 86.1 Å². The van der Waals surface area contributed by atoms with E-state index < -0.39 is 0 Å². The highest BCUT2D eigenvalue weighted by Gasteiger charge is 2.12. The second-order valence-electron chi connectivity index (χ2n) is 5.96. The molecular formula is C21H23N3O2. The van der Waals surface area contributed by atoms with E-state index in [4.69, 9.17) is 5.41 Å². The smallest absolute Gasteiger partial charge is 0.254 e. The zero-order chi connectivity index (χ0) is 18.8. The lowest BCUT2D eigenvalue weighted by Gasteiger charge is -2.14. The zero-order valence-corrected chi connectivity index (χ0v) is 14.7. The fourth-order valence-electron chi connectivity index (χ4n) is 2.49. The molecule has 1 aromatic carbocycles. The molecule has 26 heavy (non-hydrogen) atoms. The van der Waals surface area contributed by atoms with E-state index in [9.17, 15) is 9.90 Å². The van der Waals surface area contributed by atoms with Gasteiger partial charge in [-0.2, -0.15) is 0 Å². The van der Waals surface area contributed by atoms with Gasteiger partial charge < -0.3 is 15.8 Å². The molecule has 1 atom stereocenters. The molecule has 5 heteroatoms. The number of aliphatic hydroxyl groups is 1. The molecule has 134 valence electrons. The maximum Gasteiger partial charge on any atom is 0.254 e. The van der Waals surface area contributed by atoms with Gasteiger partial charge in [-0.05, 0) is 49.1 Å². The number of nitrogens with one attached hydrogen (secondary N) is 2. The van der Waals surface area contributed by atoms with Gasteiger partial charge in [0, 0.05) is 30.2 Å². The maximum atomic E-state index is 12.4. The van der Waals surface area contributed by atoms with Crippen molar-refractivity contribution < 1.29 is 9.90 Å². The van der Waals surface area contributed by atoms with Crippen LogP contribution in [-0.4, -0.2) is 28.3 Å². The van der Waals surface area contributed by atoms with Crippen LogP contribution in [0.3, 0.4) is 0 Å². The third-order valence-electron chi connectivity index (χ3n) is 3.97. The summed E-state index contributed by atoms with van der Waals surface area (Å²) >= 11 is 0. The Morgan fingerprint density at radius 3 is 2.54 bits per heavy atom. The van der Waals surface area contributed by atoms with Crippen molar-refractivity contribution in [3.8, 4) is 0 Å². The summed E-state index contributed by atoms with van der Waals surface area (Å²) in [5, 5.41) is 19.9. The molecule has 0 aliphatic carbocycles. The van der Waals surface area contributed by atoms with Crippen LogP contribution in [0.5, 0.6) is 0 Å². The minimum atomic E-state index is -0.374. The molecular weight excluding hydrogens is 326 g/mol. The van der Waals surface area contributed by atoms with Crippen molar-refractivity contribution in [2.24, 2.45) is 0 Å². The Labute approximate surface area is 153 Å². The van der Waals surface area contributed by atoms with E-state index in [0.29, 0.717) is 5.57 Å². The summed E-state index contributed by atoms with van der Waals surface area (Å²) in [5.41, 5.74) is 2.58. The van der Waals surface area contributed by atoms with Crippen LogP contribution in [0.25, 0.3) is 5.57 Å². The van der Waals surface area contributed by atoms with Crippen molar-refractivity contribution in [3.05, 3.63) is 83.9 Å². The number of aliphatic hydroxyl groups excluding tert-OH is 1. The van der Waals surface area contributed by atoms with Gasteiger partial charge in [-0.3, -0.25) is 9.78 Å². The molecule has 5 nitrogen and oxygen atoms in total. The van der Waals surface area contributed by atoms with Crippen molar-refractivity contribution in [3.63, 3.8) is 0 Å². The number of pyridine rings is 1. The SMILES string of the molecule is CC(CCc1ccccc1)NC(=O)C(=CO)C=C(C=N)c1ccncc1. The van der Waals surface area contributed by atoms with Crippen LogP contribution < -0.4 is 5.32 Å². The van der Waals surface area contributed by atoms with Gasteiger partial charge in [-0.15, -0.1) is 0 Å². The minimum absolute atomic E-state index is 0.0459. The first kappa shape index (κ1) is 19.1. The maximum absolute atomic E-state index is 12.4. The number of allylic oxidation sites excluding steroid dienone is 1. The molecule has 0 aliphatic rings. The van der Waals surface area contributed by atoms with Crippen LogP contribution in [0.15, 0.2) is 72.8 Å². The first-order valence-corrected chi connectivity index (χ1v) is 8.45. The van der Waals surface area contributed by atoms with Crippen LogP contribution in [0, 0.1) is 5.41 Å². The summed E-state index contributed by atoms with van der Waals surface area (Å²) in [7, 11) is 0. The van der Waals surface area contributed by atoms with Gasteiger partial charge in [0.1, 0.15) is 0 Å². The first-order chi connectivity index (χ1) is 12.6. The number of benzene rings is 1. The Morgan fingerprint density at radius 1 is 1.23 bits per heavy atom. The number of carbonyl (C=O) groups excluding carboxylic acids is 1. The Bertz CT molecular complexity index is 783. The van der Waals surface area contributed by atoms with Crippen LogP contribution in [0.1, 0.15) is 24.5 Å². The number of aromatic nitrogens is 1. The van der Waals surface area contributed by atoms with Crippen LogP contribution >= 0.6 is 0 Å². The second kappa shape index (κ2) is 9.93. The number of aryl methyl sites for hydroxylation is 1. The highest BCUT2D eigenvalue weighted by atomic mass is 16.2. The van der Waals surface area contributed by atoms with Crippen molar-refractivity contribution in [2.45, 2.75) is 25.8 Å². The molecule has 0 spiro atoms. The lowest BCUT2D eigenvalue weighted by molar-refractivity contribution is -0.117. The highest BCUT2D eigenvalue weighted by Crippen LogP contribution is 2.14. The monoisotopic (exact) mass is 349 g/mol. The average Bonchev–Trinajstić information content (AvgIpc) is 2.68. The van der Waals surface area contributed by atoms with Crippen LogP contribution in [0.2, 0.25) is 0 Å². The van der Waals surface area contributed by atoms with E-state index in [1.807, 2.05) is 25.1 Å². The van der Waals surface area contributed by atoms with Gasteiger partial charge in [0.15, 0.2) is 0 Å². The Morgan fingerprint density at radius 2 is 1.92 bits per heavy atom. The third kappa shape index (κ3) is 5.70. The van der Waals surface area contributed by atoms with Gasteiger partial charge in [-0.1, -0.05) is 30.3 Å². The van der Waals surface area contributed by atoms with Crippen molar-refractivity contribution in [1.82, 2.24) is 10.3 Å². The number of hydrogen-bond acceptors (Lipinski definition) is 4. The van der Waals surface area contributed by atoms with Gasteiger partial charge in [-0.25, -0.2) is 0 Å². The summed E-state index contributed by atoms with van der Waals surface area (Å²) in [6, 6.07) is 13.5. The molecule has 2 aromatic rings. The molecule has 0 saturated heterocycles. The average molecular weight is 349 g/mol. The normalized spacial score (nSPS) is 13.1. The van der Waals surface area contributed by atoms with E-state index in [1.54, 1.807) is 24.5 Å². The summed E-state index contributed by atoms with van der Waals surface area (Å²) in [6.45, 7) is 1.93. The minimum Gasteiger partial charge on any atom is -0.515 e. The largest absolute Gasteiger partial charge is 0.515 e. The predicted octanol–water partition coefficient (Wildman–Crippen LogP) is 3.69. The Hall–Kier alpha value is -3.21. The number of hydrogen-bond donors (Lipinski definition) is 3. The first-order valence-electron chi connectivity index (χ1n) is 8.45. The summed E-state index contributed by atoms with van der Waals surface area (Å²) in [5.74, 6) is -0.374. The Balaban J connectivity index is 1.99. The summed E-state index contributed by atoms with van der Waals surface area (Å²) in [6.07, 6.45) is 8.27. The molecule has 0 radical (unpaired) electrons. The van der Waals surface area contributed by atoms with Crippen molar-refractivity contribution >= 4 is 17.7 Å².